The summed E-state index contributed by atoms with van der Waals surface area (Å²) in [5, 5.41) is 4.63. The quantitative estimate of drug-likeness (QED) is 0.705. The maximum atomic E-state index is 6.02. The molecule has 4 rings (SSSR count). The van der Waals surface area contributed by atoms with Gasteiger partial charge in [-0.1, -0.05) is 12.1 Å². The zero-order valence-corrected chi connectivity index (χ0v) is 14.1. The Hall–Kier alpha value is -0.880. The van der Waals surface area contributed by atoms with E-state index in [0.717, 1.165) is 19.4 Å². The number of hydrogen-bond acceptors (Lipinski definition) is 2. The van der Waals surface area contributed by atoms with Crippen molar-refractivity contribution in [1.29, 1.82) is 0 Å². The van der Waals surface area contributed by atoms with Crippen molar-refractivity contribution in [2.45, 2.75) is 43.7 Å². The molecule has 1 saturated heterocycles. The molecule has 0 amide bonds. The molecule has 3 nitrogen and oxygen atoms in total. The molecule has 1 aromatic carbocycles. The smallest absolute Gasteiger partial charge is 0.0703 e. The van der Waals surface area contributed by atoms with E-state index in [1.807, 2.05) is 6.20 Å². The van der Waals surface area contributed by atoms with Crippen LogP contribution in [0, 0.1) is 3.57 Å². The summed E-state index contributed by atoms with van der Waals surface area (Å²) in [7, 11) is 0. The lowest BCUT2D eigenvalue weighted by molar-refractivity contribution is -0.141. The first-order valence-electron chi connectivity index (χ1n) is 7.68. The standard InChI is InChI=1S/C17H19IN2O/c18-15-4-1-3-13(9-15)14-11-19-20(12-14)16-5-8-21-17(10-16)6-2-7-17/h1,3-4,9,11-12,16H,2,5-8,10H2. The van der Waals surface area contributed by atoms with Crippen LogP contribution in [-0.2, 0) is 4.74 Å². The summed E-state index contributed by atoms with van der Waals surface area (Å²) in [6.07, 6.45) is 10.2. The third-order valence-corrected chi connectivity index (χ3v) is 5.54. The predicted octanol–water partition coefficient (Wildman–Crippen LogP) is 4.43. The van der Waals surface area contributed by atoms with Gasteiger partial charge in [0.05, 0.1) is 17.8 Å². The molecule has 1 aliphatic carbocycles. The highest BCUT2D eigenvalue weighted by Gasteiger charge is 2.43. The van der Waals surface area contributed by atoms with Crippen molar-refractivity contribution < 1.29 is 4.74 Å². The van der Waals surface area contributed by atoms with Crippen molar-refractivity contribution in [2.24, 2.45) is 0 Å². The summed E-state index contributed by atoms with van der Waals surface area (Å²) in [5.74, 6) is 0. The van der Waals surface area contributed by atoms with Gasteiger partial charge in [0.2, 0.25) is 0 Å². The molecule has 1 unspecified atom stereocenters. The molecule has 2 aromatic rings. The van der Waals surface area contributed by atoms with Crippen molar-refractivity contribution in [3.05, 3.63) is 40.2 Å². The number of hydrogen-bond donors (Lipinski definition) is 0. The minimum absolute atomic E-state index is 0.178. The number of ether oxygens (including phenoxy) is 1. The second kappa shape index (κ2) is 5.39. The molecule has 110 valence electrons. The molecule has 0 bridgehead atoms. The first-order chi connectivity index (χ1) is 10.2. The van der Waals surface area contributed by atoms with Crippen LogP contribution in [0.15, 0.2) is 36.7 Å². The van der Waals surface area contributed by atoms with Crippen LogP contribution in [0.25, 0.3) is 11.1 Å². The maximum Gasteiger partial charge on any atom is 0.0703 e. The minimum atomic E-state index is 0.178. The van der Waals surface area contributed by atoms with Gasteiger partial charge in [0.1, 0.15) is 0 Å². The van der Waals surface area contributed by atoms with E-state index in [2.05, 4.69) is 62.8 Å². The molecule has 1 aromatic heterocycles. The molecular formula is C17H19IN2O. The van der Waals surface area contributed by atoms with E-state index < -0.39 is 0 Å². The number of halogens is 1. The molecule has 1 atom stereocenters. The van der Waals surface area contributed by atoms with E-state index in [4.69, 9.17) is 4.74 Å². The molecule has 1 aliphatic heterocycles. The average Bonchev–Trinajstić information content (AvgIpc) is 2.96. The Bertz CT molecular complexity index is 648. The maximum absolute atomic E-state index is 6.02. The summed E-state index contributed by atoms with van der Waals surface area (Å²) >= 11 is 2.36. The predicted molar refractivity (Wildman–Crippen MR) is 91.2 cm³/mol. The highest BCUT2D eigenvalue weighted by molar-refractivity contribution is 14.1. The van der Waals surface area contributed by atoms with E-state index in [-0.39, 0.29) is 5.60 Å². The van der Waals surface area contributed by atoms with Gasteiger partial charge < -0.3 is 4.74 Å². The Balaban J connectivity index is 1.56. The van der Waals surface area contributed by atoms with Gasteiger partial charge in [-0.05, 0) is 72.4 Å². The van der Waals surface area contributed by atoms with Crippen molar-refractivity contribution in [1.82, 2.24) is 9.78 Å². The van der Waals surface area contributed by atoms with Crippen LogP contribution in [-0.4, -0.2) is 22.0 Å². The van der Waals surface area contributed by atoms with Gasteiger partial charge in [-0.15, -0.1) is 0 Å². The highest BCUT2D eigenvalue weighted by atomic mass is 127. The summed E-state index contributed by atoms with van der Waals surface area (Å²) < 4.78 is 9.44. The lowest BCUT2D eigenvalue weighted by Gasteiger charge is -2.47. The second-order valence-electron chi connectivity index (χ2n) is 6.25. The zero-order valence-electron chi connectivity index (χ0n) is 12.0. The van der Waals surface area contributed by atoms with Crippen LogP contribution in [0.5, 0.6) is 0 Å². The van der Waals surface area contributed by atoms with Crippen molar-refractivity contribution >= 4 is 22.6 Å². The van der Waals surface area contributed by atoms with Crippen LogP contribution >= 0.6 is 22.6 Å². The molecule has 2 fully saturated rings. The molecule has 0 N–H and O–H groups in total. The lowest BCUT2D eigenvalue weighted by Crippen LogP contribution is -2.46. The Labute approximate surface area is 138 Å². The summed E-state index contributed by atoms with van der Waals surface area (Å²) in [6, 6.07) is 9.08. The first-order valence-corrected chi connectivity index (χ1v) is 8.76. The van der Waals surface area contributed by atoms with Crippen molar-refractivity contribution in [2.75, 3.05) is 6.61 Å². The van der Waals surface area contributed by atoms with E-state index >= 15 is 0 Å². The summed E-state index contributed by atoms with van der Waals surface area (Å²) in [5.41, 5.74) is 2.64. The minimum Gasteiger partial charge on any atom is -0.375 e. The molecule has 2 aliphatic rings. The van der Waals surface area contributed by atoms with Crippen LogP contribution < -0.4 is 0 Å². The molecule has 1 spiro atoms. The van der Waals surface area contributed by atoms with Crippen molar-refractivity contribution in [3.8, 4) is 11.1 Å². The molecule has 21 heavy (non-hydrogen) atoms. The van der Waals surface area contributed by atoms with E-state index in [1.54, 1.807) is 0 Å². The monoisotopic (exact) mass is 394 g/mol. The van der Waals surface area contributed by atoms with Crippen molar-refractivity contribution in [3.63, 3.8) is 0 Å². The number of rotatable bonds is 2. The third-order valence-electron chi connectivity index (χ3n) is 4.87. The molecular weight excluding hydrogens is 375 g/mol. The lowest BCUT2D eigenvalue weighted by atomic mass is 9.74. The number of benzene rings is 1. The molecule has 0 radical (unpaired) electrons. The third kappa shape index (κ3) is 2.63. The highest BCUT2D eigenvalue weighted by Crippen LogP contribution is 2.45. The first kappa shape index (κ1) is 13.8. The normalized spacial score (nSPS) is 24.0. The van der Waals surface area contributed by atoms with Crippen LogP contribution in [0.4, 0.5) is 0 Å². The fraction of sp³-hybridized carbons (Fsp3) is 0.471. The Morgan fingerprint density at radius 1 is 1.29 bits per heavy atom. The van der Waals surface area contributed by atoms with Gasteiger partial charge in [-0.3, -0.25) is 4.68 Å². The zero-order chi connectivity index (χ0) is 14.3. The molecule has 1 saturated carbocycles. The largest absolute Gasteiger partial charge is 0.375 e. The van der Waals surface area contributed by atoms with Gasteiger partial charge in [-0.25, -0.2) is 0 Å². The van der Waals surface area contributed by atoms with Gasteiger partial charge in [0.25, 0.3) is 0 Å². The number of nitrogens with zero attached hydrogens (tertiary/aromatic N) is 2. The van der Waals surface area contributed by atoms with Crippen LogP contribution in [0.3, 0.4) is 0 Å². The Kier molecular flexibility index (Phi) is 3.53. The summed E-state index contributed by atoms with van der Waals surface area (Å²) in [6.45, 7) is 0.878. The summed E-state index contributed by atoms with van der Waals surface area (Å²) in [4.78, 5) is 0. The SMILES string of the molecule is Ic1cccc(-c2cnn(C3CCOC4(CCC4)C3)c2)c1. The topological polar surface area (TPSA) is 27.1 Å². The van der Waals surface area contributed by atoms with E-state index in [1.165, 1.54) is 34.0 Å². The van der Waals surface area contributed by atoms with Crippen LogP contribution in [0.1, 0.15) is 38.1 Å². The van der Waals surface area contributed by atoms with E-state index in [0.29, 0.717) is 6.04 Å². The van der Waals surface area contributed by atoms with Gasteiger partial charge in [0, 0.05) is 21.9 Å². The Morgan fingerprint density at radius 2 is 2.19 bits per heavy atom. The fourth-order valence-corrected chi connectivity index (χ4v) is 4.05. The molecule has 2 heterocycles. The van der Waals surface area contributed by atoms with E-state index in [9.17, 15) is 0 Å². The van der Waals surface area contributed by atoms with Gasteiger partial charge in [-0.2, -0.15) is 5.10 Å². The average molecular weight is 394 g/mol. The van der Waals surface area contributed by atoms with Gasteiger partial charge in [0.15, 0.2) is 0 Å². The van der Waals surface area contributed by atoms with Crippen LogP contribution in [0.2, 0.25) is 0 Å². The second-order valence-corrected chi connectivity index (χ2v) is 7.50. The Morgan fingerprint density at radius 3 is 2.95 bits per heavy atom. The molecule has 4 heteroatoms. The number of aromatic nitrogens is 2. The fourth-order valence-electron chi connectivity index (χ4n) is 3.50. The van der Waals surface area contributed by atoms with Gasteiger partial charge >= 0.3 is 0 Å².